The van der Waals surface area contributed by atoms with Crippen molar-refractivity contribution in [3.63, 3.8) is 0 Å². The van der Waals surface area contributed by atoms with Gasteiger partial charge in [0.15, 0.2) is 0 Å². The molecule has 1 rings (SSSR count). The van der Waals surface area contributed by atoms with Crippen LogP contribution >= 0.6 is 23.2 Å². The predicted molar refractivity (Wildman–Crippen MR) is 47.7 cm³/mol. The van der Waals surface area contributed by atoms with Gasteiger partial charge in [-0.1, -0.05) is 23.2 Å². The van der Waals surface area contributed by atoms with Gasteiger partial charge in [-0.2, -0.15) is 5.26 Å². The van der Waals surface area contributed by atoms with Gasteiger partial charge in [-0.15, -0.1) is 0 Å². The highest BCUT2D eigenvalue weighted by Crippen LogP contribution is 2.29. The van der Waals surface area contributed by atoms with Crippen molar-refractivity contribution < 1.29 is 4.74 Å². The van der Waals surface area contributed by atoms with Crippen molar-refractivity contribution in [1.82, 2.24) is 0 Å². The van der Waals surface area contributed by atoms with E-state index in [1.807, 2.05) is 6.07 Å². The van der Waals surface area contributed by atoms with Crippen molar-refractivity contribution in [3.05, 3.63) is 27.7 Å². The van der Waals surface area contributed by atoms with Crippen LogP contribution in [-0.4, -0.2) is 7.11 Å². The lowest BCUT2D eigenvalue weighted by atomic mass is 10.2. The van der Waals surface area contributed by atoms with E-state index in [9.17, 15) is 0 Å². The molecule has 0 atom stereocenters. The first kappa shape index (κ1) is 9.18. The van der Waals surface area contributed by atoms with E-state index in [4.69, 9.17) is 33.2 Å². The van der Waals surface area contributed by atoms with Gasteiger partial charge in [-0.05, 0) is 6.07 Å². The second-order valence-corrected chi connectivity index (χ2v) is 2.89. The van der Waals surface area contributed by atoms with E-state index in [1.54, 1.807) is 0 Å². The summed E-state index contributed by atoms with van der Waals surface area (Å²) < 4.78 is 4.91. The van der Waals surface area contributed by atoms with Gasteiger partial charge in [0.05, 0.1) is 22.7 Å². The second-order valence-electron chi connectivity index (χ2n) is 2.08. The summed E-state index contributed by atoms with van der Waals surface area (Å²) in [7, 11) is 1.47. The van der Waals surface area contributed by atoms with Gasteiger partial charge in [0.25, 0.3) is 0 Å². The molecule has 2 nitrogen and oxygen atoms in total. The molecule has 1 aromatic rings. The van der Waals surface area contributed by atoms with Crippen LogP contribution in [-0.2, 0) is 0 Å². The van der Waals surface area contributed by atoms with Crippen molar-refractivity contribution in [2.75, 3.05) is 7.11 Å². The van der Waals surface area contributed by atoms with Crippen molar-refractivity contribution >= 4 is 23.2 Å². The largest absolute Gasteiger partial charge is 0.495 e. The van der Waals surface area contributed by atoms with Crippen molar-refractivity contribution in [2.24, 2.45) is 0 Å². The van der Waals surface area contributed by atoms with Crippen LogP contribution in [0.1, 0.15) is 5.56 Å². The minimum absolute atomic E-state index is 0.356. The average molecular weight is 202 g/mol. The van der Waals surface area contributed by atoms with Gasteiger partial charge in [-0.25, -0.2) is 0 Å². The molecule has 0 aliphatic rings. The van der Waals surface area contributed by atoms with E-state index in [0.29, 0.717) is 21.4 Å². The topological polar surface area (TPSA) is 33.0 Å². The second kappa shape index (κ2) is 3.66. The van der Waals surface area contributed by atoms with Crippen LogP contribution in [0.15, 0.2) is 12.1 Å². The predicted octanol–water partition coefficient (Wildman–Crippen LogP) is 2.87. The summed E-state index contributed by atoms with van der Waals surface area (Å²) in [5, 5.41) is 9.37. The molecule has 0 heterocycles. The maximum atomic E-state index is 8.63. The van der Waals surface area contributed by atoms with E-state index in [-0.39, 0.29) is 0 Å². The molecule has 0 radical (unpaired) electrons. The highest BCUT2D eigenvalue weighted by atomic mass is 35.5. The third-order valence-corrected chi connectivity index (χ3v) is 2.09. The Morgan fingerprint density at radius 1 is 1.33 bits per heavy atom. The average Bonchev–Trinajstić information content (AvgIpc) is 2.09. The van der Waals surface area contributed by atoms with Crippen molar-refractivity contribution in [2.45, 2.75) is 0 Å². The van der Waals surface area contributed by atoms with Crippen LogP contribution in [0.5, 0.6) is 5.75 Å². The Hall–Kier alpha value is -0.910. The number of hydrogen-bond donors (Lipinski definition) is 0. The Labute approximate surface area is 80.3 Å². The highest BCUT2D eigenvalue weighted by Gasteiger charge is 2.06. The number of nitrogens with zero attached hydrogens (tertiary/aromatic N) is 1. The molecule has 0 saturated carbocycles. The van der Waals surface area contributed by atoms with Gasteiger partial charge in [0.2, 0.25) is 0 Å². The van der Waals surface area contributed by atoms with E-state index in [1.165, 1.54) is 19.2 Å². The summed E-state index contributed by atoms with van der Waals surface area (Å²) in [6.07, 6.45) is 0. The number of hydrogen-bond acceptors (Lipinski definition) is 2. The Kier molecular flexibility index (Phi) is 2.80. The number of benzene rings is 1. The van der Waals surface area contributed by atoms with Crippen LogP contribution in [0.4, 0.5) is 0 Å². The van der Waals surface area contributed by atoms with E-state index in [0.717, 1.165) is 0 Å². The molecule has 0 spiro atoms. The number of halogens is 2. The monoisotopic (exact) mass is 201 g/mol. The third-order valence-electron chi connectivity index (χ3n) is 1.36. The van der Waals surface area contributed by atoms with Gasteiger partial charge >= 0.3 is 0 Å². The number of ether oxygens (including phenoxy) is 1. The number of rotatable bonds is 1. The van der Waals surface area contributed by atoms with Crippen LogP contribution in [0, 0.1) is 11.3 Å². The standard InChI is InChI=1S/C8H5Cl2NO/c1-12-8-3-7(10)6(9)2-5(8)4-11/h2-3H,1H3. The van der Waals surface area contributed by atoms with E-state index in [2.05, 4.69) is 0 Å². The summed E-state index contributed by atoms with van der Waals surface area (Å²) >= 11 is 11.4. The molecule has 4 heteroatoms. The lowest BCUT2D eigenvalue weighted by Crippen LogP contribution is -1.87. The third kappa shape index (κ3) is 1.63. The molecule has 0 amide bonds. The molecule has 0 unspecified atom stereocenters. The normalized spacial score (nSPS) is 9.17. The highest BCUT2D eigenvalue weighted by molar-refractivity contribution is 6.42. The van der Waals surface area contributed by atoms with E-state index < -0.39 is 0 Å². The maximum Gasteiger partial charge on any atom is 0.138 e. The van der Waals surface area contributed by atoms with Crippen LogP contribution in [0.3, 0.4) is 0 Å². The SMILES string of the molecule is COc1cc(Cl)c(Cl)cc1C#N. The van der Waals surface area contributed by atoms with Gasteiger partial charge in [0.1, 0.15) is 11.8 Å². The molecule has 0 aromatic heterocycles. The summed E-state index contributed by atoms with van der Waals surface area (Å²) in [4.78, 5) is 0. The first-order chi connectivity index (χ1) is 5.69. The molecule has 1 aromatic carbocycles. The van der Waals surface area contributed by atoms with E-state index >= 15 is 0 Å². The molecular formula is C8H5Cl2NO. The smallest absolute Gasteiger partial charge is 0.138 e. The quantitative estimate of drug-likeness (QED) is 0.701. The Morgan fingerprint density at radius 3 is 2.42 bits per heavy atom. The molecule has 0 aliphatic heterocycles. The van der Waals surface area contributed by atoms with Crippen LogP contribution in [0.2, 0.25) is 10.0 Å². The summed E-state index contributed by atoms with van der Waals surface area (Å²) in [6.45, 7) is 0. The lowest BCUT2D eigenvalue weighted by Gasteiger charge is -2.03. The zero-order valence-corrected chi connectivity index (χ0v) is 7.78. The van der Waals surface area contributed by atoms with Crippen LogP contribution in [0.25, 0.3) is 0 Å². The number of methoxy groups -OCH3 is 1. The zero-order valence-electron chi connectivity index (χ0n) is 6.27. The number of nitriles is 1. The fourth-order valence-electron chi connectivity index (χ4n) is 0.785. The summed E-state index contributed by atoms with van der Waals surface area (Å²) in [6, 6.07) is 4.94. The molecule has 0 aliphatic carbocycles. The van der Waals surface area contributed by atoms with Gasteiger partial charge in [-0.3, -0.25) is 0 Å². The zero-order chi connectivity index (χ0) is 9.14. The summed E-state index contributed by atoms with van der Waals surface area (Å²) in [5.41, 5.74) is 0.381. The molecular weight excluding hydrogens is 197 g/mol. The van der Waals surface area contributed by atoms with Crippen molar-refractivity contribution in [1.29, 1.82) is 5.26 Å². The maximum absolute atomic E-state index is 8.63. The Balaban J connectivity index is 3.31. The molecule has 12 heavy (non-hydrogen) atoms. The fourth-order valence-corrected chi connectivity index (χ4v) is 1.10. The van der Waals surface area contributed by atoms with Crippen molar-refractivity contribution in [3.8, 4) is 11.8 Å². The van der Waals surface area contributed by atoms with Gasteiger partial charge in [0, 0.05) is 6.07 Å². The molecule has 0 N–H and O–H groups in total. The minimum atomic E-state index is 0.356. The van der Waals surface area contributed by atoms with Gasteiger partial charge < -0.3 is 4.74 Å². The first-order valence-electron chi connectivity index (χ1n) is 3.12. The molecule has 0 fully saturated rings. The molecule has 0 saturated heterocycles. The first-order valence-corrected chi connectivity index (χ1v) is 3.87. The fraction of sp³-hybridized carbons (Fsp3) is 0.125. The lowest BCUT2D eigenvalue weighted by molar-refractivity contribution is 0.413. The summed E-state index contributed by atoms with van der Waals surface area (Å²) in [5.74, 6) is 0.437. The molecule has 0 bridgehead atoms. The molecule has 62 valence electrons. The van der Waals surface area contributed by atoms with Crippen LogP contribution < -0.4 is 4.74 Å². The Bertz CT molecular complexity index is 344. The minimum Gasteiger partial charge on any atom is -0.495 e. The Morgan fingerprint density at radius 2 is 1.92 bits per heavy atom.